The van der Waals surface area contributed by atoms with Gasteiger partial charge in [0.2, 0.25) is 0 Å². The highest BCUT2D eigenvalue weighted by Crippen LogP contribution is 2.31. The number of piperazine rings is 1. The van der Waals surface area contributed by atoms with Crippen molar-refractivity contribution >= 4 is 34.3 Å². The van der Waals surface area contributed by atoms with E-state index in [1.807, 2.05) is 42.5 Å². The number of para-hydroxylation sites is 2. The average molecular weight is 424 g/mol. The van der Waals surface area contributed by atoms with Crippen LogP contribution >= 0.6 is 11.6 Å². The average Bonchev–Trinajstić information content (AvgIpc) is 3.59. The smallest absolute Gasteiger partial charge is 0.172 e. The minimum atomic E-state index is 0.538. The van der Waals surface area contributed by atoms with Crippen molar-refractivity contribution in [3.8, 4) is 5.75 Å². The first kappa shape index (κ1) is 19.4. The molecule has 1 aromatic heterocycles. The lowest BCUT2D eigenvalue weighted by molar-refractivity contribution is 0.249. The second-order valence-corrected chi connectivity index (χ2v) is 8.43. The van der Waals surface area contributed by atoms with Gasteiger partial charge < -0.3 is 15.0 Å². The number of ether oxygens (including phenoxy) is 1. The lowest BCUT2D eigenvalue weighted by Crippen LogP contribution is -2.46. The van der Waals surface area contributed by atoms with Gasteiger partial charge in [-0.3, -0.25) is 4.90 Å². The van der Waals surface area contributed by atoms with Crippen LogP contribution in [0.2, 0.25) is 5.02 Å². The number of nitrogens with zero attached hydrogens (tertiary/aromatic N) is 4. The maximum atomic E-state index is 6.41. The molecule has 6 nitrogen and oxygen atoms in total. The Morgan fingerprint density at radius 3 is 2.47 bits per heavy atom. The standard InChI is InChI=1S/C23H26ClN5O/c1-30-18-8-9-19(24)16(14-18)15-28-10-12-29(13-11-28)23-22(25-17-6-7-17)26-20-4-2-3-5-21(20)27-23/h2-5,8-9,14,17H,6-7,10-13,15H2,1H3,(H,25,26). The second kappa shape index (κ2) is 8.28. The van der Waals surface area contributed by atoms with Crippen LogP contribution in [0.5, 0.6) is 5.75 Å². The molecule has 2 heterocycles. The van der Waals surface area contributed by atoms with E-state index in [1.165, 1.54) is 12.8 Å². The summed E-state index contributed by atoms with van der Waals surface area (Å²) in [6.45, 7) is 4.54. The summed E-state index contributed by atoms with van der Waals surface area (Å²) >= 11 is 6.41. The van der Waals surface area contributed by atoms with Crippen molar-refractivity contribution in [3.63, 3.8) is 0 Å². The van der Waals surface area contributed by atoms with E-state index in [2.05, 4.69) is 15.1 Å². The summed E-state index contributed by atoms with van der Waals surface area (Å²) in [6.07, 6.45) is 2.42. The van der Waals surface area contributed by atoms with Crippen LogP contribution < -0.4 is 15.0 Å². The fourth-order valence-electron chi connectivity index (χ4n) is 3.89. The Bertz CT molecular complexity index is 1050. The van der Waals surface area contributed by atoms with Crippen LogP contribution in [-0.4, -0.2) is 54.2 Å². The number of benzene rings is 2. The summed E-state index contributed by atoms with van der Waals surface area (Å²) in [6, 6.07) is 14.5. The van der Waals surface area contributed by atoms with Gasteiger partial charge in [-0.2, -0.15) is 0 Å². The van der Waals surface area contributed by atoms with E-state index < -0.39 is 0 Å². The molecule has 1 saturated heterocycles. The normalized spacial score (nSPS) is 17.3. The second-order valence-electron chi connectivity index (χ2n) is 8.02. The minimum Gasteiger partial charge on any atom is -0.497 e. The predicted octanol–water partition coefficient (Wildman–Crippen LogP) is 4.19. The van der Waals surface area contributed by atoms with Crippen LogP contribution in [-0.2, 0) is 6.54 Å². The first-order chi connectivity index (χ1) is 14.7. The zero-order valence-electron chi connectivity index (χ0n) is 17.1. The highest BCUT2D eigenvalue weighted by molar-refractivity contribution is 6.31. The van der Waals surface area contributed by atoms with Crippen LogP contribution in [0.4, 0.5) is 11.6 Å². The zero-order valence-corrected chi connectivity index (χ0v) is 17.9. The molecule has 2 aromatic carbocycles. The van der Waals surface area contributed by atoms with Gasteiger partial charge in [0.15, 0.2) is 11.6 Å². The molecule has 0 unspecified atom stereocenters. The monoisotopic (exact) mass is 423 g/mol. The molecule has 30 heavy (non-hydrogen) atoms. The van der Waals surface area contributed by atoms with E-state index in [1.54, 1.807) is 7.11 Å². The Hall–Kier alpha value is -2.57. The molecule has 0 radical (unpaired) electrons. The molecule has 3 aromatic rings. The van der Waals surface area contributed by atoms with E-state index >= 15 is 0 Å². The molecule has 156 valence electrons. The summed E-state index contributed by atoms with van der Waals surface area (Å²) in [5, 5.41) is 4.37. The molecule has 2 fully saturated rings. The number of methoxy groups -OCH3 is 1. The van der Waals surface area contributed by atoms with Gasteiger partial charge in [0.05, 0.1) is 18.1 Å². The maximum Gasteiger partial charge on any atom is 0.172 e. The first-order valence-electron chi connectivity index (χ1n) is 10.5. The first-order valence-corrected chi connectivity index (χ1v) is 10.9. The summed E-state index contributed by atoms with van der Waals surface area (Å²) < 4.78 is 5.35. The third-order valence-electron chi connectivity index (χ3n) is 5.79. The molecule has 2 aliphatic rings. The number of hydrogen-bond acceptors (Lipinski definition) is 6. The highest BCUT2D eigenvalue weighted by Gasteiger charge is 2.27. The predicted molar refractivity (Wildman–Crippen MR) is 122 cm³/mol. The quantitative estimate of drug-likeness (QED) is 0.641. The topological polar surface area (TPSA) is 53.5 Å². The number of nitrogens with one attached hydrogen (secondary N) is 1. The van der Waals surface area contributed by atoms with Gasteiger partial charge in [-0.25, -0.2) is 9.97 Å². The molecule has 0 bridgehead atoms. The summed E-state index contributed by atoms with van der Waals surface area (Å²) in [4.78, 5) is 14.6. The molecule has 5 rings (SSSR count). The third-order valence-corrected chi connectivity index (χ3v) is 6.16. The SMILES string of the molecule is COc1ccc(Cl)c(CN2CCN(c3nc4ccccc4nc3NC3CC3)CC2)c1. The largest absolute Gasteiger partial charge is 0.497 e. The van der Waals surface area contributed by atoms with Crippen LogP contribution in [0.1, 0.15) is 18.4 Å². The molecule has 0 spiro atoms. The Balaban J connectivity index is 1.32. The van der Waals surface area contributed by atoms with Gasteiger partial charge in [-0.1, -0.05) is 23.7 Å². The van der Waals surface area contributed by atoms with Gasteiger partial charge in [0, 0.05) is 43.8 Å². The van der Waals surface area contributed by atoms with Crippen molar-refractivity contribution in [2.45, 2.75) is 25.4 Å². The van der Waals surface area contributed by atoms with E-state index in [9.17, 15) is 0 Å². The number of halogens is 1. The van der Waals surface area contributed by atoms with Crippen LogP contribution in [0.3, 0.4) is 0 Å². The van der Waals surface area contributed by atoms with Gasteiger partial charge in [0.25, 0.3) is 0 Å². The van der Waals surface area contributed by atoms with Crippen molar-refractivity contribution in [1.82, 2.24) is 14.9 Å². The van der Waals surface area contributed by atoms with Gasteiger partial charge in [-0.05, 0) is 48.7 Å². The van der Waals surface area contributed by atoms with E-state index in [0.29, 0.717) is 6.04 Å². The van der Waals surface area contributed by atoms with Crippen molar-refractivity contribution in [2.75, 3.05) is 43.5 Å². The molecule has 0 amide bonds. The number of anilines is 2. The number of aromatic nitrogens is 2. The summed E-state index contributed by atoms with van der Waals surface area (Å²) in [5.74, 6) is 2.73. The number of fused-ring (bicyclic) bond motifs is 1. The van der Waals surface area contributed by atoms with Gasteiger partial charge in [-0.15, -0.1) is 0 Å². The number of hydrogen-bond donors (Lipinski definition) is 1. The summed E-state index contributed by atoms with van der Waals surface area (Å²) in [5.41, 5.74) is 2.99. The molecule has 0 atom stereocenters. The molecule has 1 saturated carbocycles. The van der Waals surface area contributed by atoms with Crippen molar-refractivity contribution in [1.29, 1.82) is 0 Å². The molecule has 1 aliphatic carbocycles. The molecule has 1 N–H and O–H groups in total. The van der Waals surface area contributed by atoms with Crippen molar-refractivity contribution in [2.24, 2.45) is 0 Å². The van der Waals surface area contributed by atoms with Crippen LogP contribution in [0.15, 0.2) is 42.5 Å². The van der Waals surface area contributed by atoms with E-state index in [4.69, 9.17) is 26.3 Å². The zero-order chi connectivity index (χ0) is 20.5. The fraction of sp³-hybridized carbons (Fsp3) is 0.391. The molecular formula is C23H26ClN5O. The Kier molecular flexibility index (Phi) is 5.35. The Labute approximate surface area is 181 Å². The van der Waals surface area contributed by atoms with Gasteiger partial charge >= 0.3 is 0 Å². The molecule has 7 heteroatoms. The van der Waals surface area contributed by atoms with Crippen molar-refractivity contribution < 1.29 is 4.74 Å². The van der Waals surface area contributed by atoms with E-state index in [-0.39, 0.29) is 0 Å². The molecular weight excluding hydrogens is 398 g/mol. The number of rotatable bonds is 6. The minimum absolute atomic E-state index is 0.538. The molecule has 1 aliphatic heterocycles. The van der Waals surface area contributed by atoms with E-state index in [0.717, 1.165) is 71.7 Å². The lowest BCUT2D eigenvalue weighted by Gasteiger charge is -2.36. The third kappa shape index (κ3) is 4.16. The van der Waals surface area contributed by atoms with Crippen molar-refractivity contribution in [3.05, 3.63) is 53.1 Å². The van der Waals surface area contributed by atoms with Gasteiger partial charge in [0.1, 0.15) is 5.75 Å². The fourth-order valence-corrected chi connectivity index (χ4v) is 4.06. The Morgan fingerprint density at radius 2 is 1.77 bits per heavy atom. The highest BCUT2D eigenvalue weighted by atomic mass is 35.5. The maximum absolute atomic E-state index is 6.41. The summed E-state index contributed by atoms with van der Waals surface area (Å²) in [7, 11) is 1.68. The lowest BCUT2D eigenvalue weighted by atomic mass is 10.2. The van der Waals surface area contributed by atoms with Crippen LogP contribution in [0.25, 0.3) is 11.0 Å². The Morgan fingerprint density at radius 1 is 1.03 bits per heavy atom. The van der Waals surface area contributed by atoms with Crippen LogP contribution in [0, 0.1) is 0 Å².